The molecular formula is C45H27F3O6S. The molecule has 0 fully saturated rings. The van der Waals surface area contributed by atoms with Gasteiger partial charge in [-0.25, -0.2) is 0 Å². The summed E-state index contributed by atoms with van der Waals surface area (Å²) in [5.41, 5.74) is -4.77. The number of hydrogen-bond donors (Lipinski definition) is 1. The van der Waals surface area contributed by atoms with Crippen molar-refractivity contribution in [1.29, 1.82) is 0 Å². The fourth-order valence-electron chi connectivity index (χ4n) is 6.30. The van der Waals surface area contributed by atoms with Crippen molar-refractivity contribution in [2.24, 2.45) is 0 Å². The zero-order valence-electron chi connectivity index (χ0n) is 41.5. The van der Waals surface area contributed by atoms with Gasteiger partial charge in [-0.05, 0) is 56.9 Å². The number of fused-ring (bicyclic) bond motifs is 8. The monoisotopic (exact) mass is 766 g/mol. The number of para-hydroxylation sites is 2. The molecule has 0 amide bonds. The Morgan fingerprint density at radius 2 is 1.02 bits per heavy atom. The fourth-order valence-corrected chi connectivity index (χ4v) is 6.77. The van der Waals surface area contributed by atoms with Gasteiger partial charge < -0.3 is 18.1 Å². The van der Waals surface area contributed by atoms with Crippen molar-refractivity contribution in [1.82, 2.24) is 0 Å². The van der Waals surface area contributed by atoms with Crippen LogP contribution in [-0.2, 0) is 10.1 Å². The SMILES string of the molecule is [2H]c1c([2H])c([2H])c2c(-c3cccc4c3oc3cccc(O)c34)c([2H])c([2H])c([2H])c2c1[2H].[2H]c1c([2H])c([2H])c2c(-c3cccc4c3oc3cccc(OS(=O)(=O)C(F)(F)F)c34)c([2H])c([2H])c([2H])c2c1[2H]. The van der Waals surface area contributed by atoms with Gasteiger partial charge in [0.05, 0.1) is 30.0 Å². The number of aromatic hydroxyl groups is 1. The van der Waals surface area contributed by atoms with Gasteiger partial charge in [0, 0.05) is 21.9 Å². The van der Waals surface area contributed by atoms with E-state index >= 15 is 0 Å². The minimum atomic E-state index is -6.02. The van der Waals surface area contributed by atoms with Crippen LogP contribution in [0.5, 0.6) is 11.5 Å². The first kappa shape index (κ1) is 21.8. The molecule has 0 aliphatic carbocycles. The van der Waals surface area contributed by atoms with Crippen molar-refractivity contribution in [3.63, 3.8) is 0 Å². The maximum absolute atomic E-state index is 13.0. The molecule has 55 heavy (non-hydrogen) atoms. The van der Waals surface area contributed by atoms with Crippen LogP contribution in [0.4, 0.5) is 13.2 Å². The first-order chi connectivity index (χ1) is 32.4. The maximum atomic E-state index is 13.0. The van der Waals surface area contributed by atoms with Crippen LogP contribution < -0.4 is 4.18 Å². The van der Waals surface area contributed by atoms with Crippen molar-refractivity contribution in [3.8, 4) is 33.8 Å². The van der Waals surface area contributed by atoms with Gasteiger partial charge in [-0.3, -0.25) is 0 Å². The second kappa shape index (κ2) is 13.0. The highest BCUT2D eigenvalue weighted by Gasteiger charge is 2.48. The third kappa shape index (κ3) is 5.78. The van der Waals surface area contributed by atoms with E-state index in [1.54, 1.807) is 30.3 Å². The molecule has 8 aromatic carbocycles. The van der Waals surface area contributed by atoms with Gasteiger partial charge in [0.25, 0.3) is 0 Å². The number of rotatable bonds is 4. The quantitative estimate of drug-likeness (QED) is 0.142. The van der Waals surface area contributed by atoms with Crippen LogP contribution in [0.3, 0.4) is 0 Å². The highest BCUT2D eigenvalue weighted by atomic mass is 32.2. The molecule has 10 rings (SSSR count). The van der Waals surface area contributed by atoms with Gasteiger partial charge in [0.2, 0.25) is 0 Å². The predicted octanol–water partition coefficient (Wildman–Crippen LogP) is 12.7. The average molecular weight is 767 g/mol. The van der Waals surface area contributed by atoms with E-state index in [4.69, 9.17) is 28.0 Å². The highest BCUT2D eigenvalue weighted by Crippen LogP contribution is 2.43. The van der Waals surface area contributed by atoms with Crippen molar-refractivity contribution in [3.05, 3.63) is 157 Å². The predicted molar refractivity (Wildman–Crippen MR) is 211 cm³/mol. The van der Waals surface area contributed by atoms with Gasteiger partial charge in [-0.1, -0.05) is 133 Å². The molecule has 0 unspecified atom stereocenters. The highest BCUT2D eigenvalue weighted by molar-refractivity contribution is 7.88. The second-order valence-corrected chi connectivity index (χ2v) is 13.4. The normalized spacial score (nSPS) is 15.7. The minimum absolute atomic E-state index is 0.00539. The number of alkyl halides is 3. The average Bonchev–Trinajstić information content (AvgIpc) is 3.90. The largest absolute Gasteiger partial charge is 0.534 e. The molecule has 10 heteroatoms. The van der Waals surface area contributed by atoms with Crippen LogP contribution in [0.15, 0.2) is 166 Å². The molecule has 6 nitrogen and oxygen atoms in total. The van der Waals surface area contributed by atoms with Gasteiger partial charge in [-0.15, -0.1) is 0 Å². The molecule has 0 saturated carbocycles. The Bertz CT molecular complexity index is 4010. The van der Waals surface area contributed by atoms with Crippen LogP contribution in [0.1, 0.15) is 19.2 Å². The lowest BCUT2D eigenvalue weighted by Gasteiger charge is -2.10. The Balaban J connectivity index is 0.000000175. The first-order valence-electron chi connectivity index (χ1n) is 23.0. The van der Waals surface area contributed by atoms with Crippen LogP contribution in [-0.4, -0.2) is 19.0 Å². The molecule has 1 N–H and O–H groups in total. The van der Waals surface area contributed by atoms with Crippen molar-refractivity contribution >= 4 is 75.5 Å². The lowest BCUT2D eigenvalue weighted by molar-refractivity contribution is -0.0499. The number of hydrogen-bond acceptors (Lipinski definition) is 6. The summed E-state index contributed by atoms with van der Waals surface area (Å²) < 4.78 is 194. The summed E-state index contributed by atoms with van der Waals surface area (Å²) in [7, 11) is -6.02. The van der Waals surface area contributed by atoms with Gasteiger partial charge >= 0.3 is 15.6 Å². The maximum Gasteiger partial charge on any atom is 0.534 e. The number of phenols is 1. The summed E-state index contributed by atoms with van der Waals surface area (Å²) in [6, 6.07) is 10.6. The third-order valence-electron chi connectivity index (χ3n) is 8.63. The molecule has 0 bridgehead atoms. The van der Waals surface area contributed by atoms with Crippen molar-refractivity contribution in [2.75, 3.05) is 0 Å². The van der Waals surface area contributed by atoms with E-state index in [0.29, 0.717) is 27.5 Å². The van der Waals surface area contributed by atoms with E-state index in [0.717, 1.165) is 6.07 Å². The fraction of sp³-hybridized carbons (Fsp3) is 0.0222. The van der Waals surface area contributed by atoms with E-state index in [1.165, 1.54) is 36.4 Å². The summed E-state index contributed by atoms with van der Waals surface area (Å²) in [5.74, 6) is -0.648. The third-order valence-corrected chi connectivity index (χ3v) is 9.60. The molecule has 270 valence electrons. The number of halogens is 3. The van der Waals surface area contributed by atoms with Gasteiger partial charge in [0.15, 0.2) is 5.75 Å². The second-order valence-electron chi connectivity index (χ2n) is 11.8. The van der Waals surface area contributed by atoms with Gasteiger partial charge in [-0.2, -0.15) is 21.6 Å². The molecule has 10 aromatic rings. The Kier molecular flexibility index (Phi) is 5.14. The molecule has 0 radical (unpaired) electrons. The Morgan fingerprint density at radius 1 is 0.545 bits per heavy atom. The lowest BCUT2D eigenvalue weighted by Crippen LogP contribution is -2.28. The molecular weight excluding hydrogens is 726 g/mol. The van der Waals surface area contributed by atoms with Gasteiger partial charge in [0.1, 0.15) is 28.1 Å². The Morgan fingerprint density at radius 3 is 1.58 bits per heavy atom. The zero-order valence-corrected chi connectivity index (χ0v) is 28.3. The summed E-state index contributed by atoms with van der Waals surface area (Å²) in [6.45, 7) is 0. The molecule has 0 aliphatic rings. The molecule has 2 aromatic heterocycles. The van der Waals surface area contributed by atoms with E-state index < -0.39 is 93.9 Å². The first-order valence-corrected chi connectivity index (χ1v) is 17.4. The van der Waals surface area contributed by atoms with Crippen LogP contribution >= 0.6 is 0 Å². The van der Waals surface area contributed by atoms with Crippen LogP contribution in [0, 0.1) is 0 Å². The van der Waals surface area contributed by atoms with Crippen LogP contribution in [0.2, 0.25) is 0 Å². The van der Waals surface area contributed by atoms with Crippen molar-refractivity contribution < 1.29 is 58.9 Å². The van der Waals surface area contributed by atoms with E-state index in [-0.39, 0.29) is 78.0 Å². The van der Waals surface area contributed by atoms with Crippen molar-refractivity contribution in [2.45, 2.75) is 5.51 Å². The topological polar surface area (TPSA) is 89.9 Å². The standard InChI is InChI=1S/C23H13F3O4S.C22H14O2/c24-23(25,26)31(27,28)30-20-13-5-12-19-21(20)18-11-4-10-17(22(18)29-19)16-9-3-7-14-6-1-2-8-15(14)16;23-19-12-5-13-20-21(19)18-11-4-10-17(22(18)24-20)16-9-3-7-14-6-1-2-8-15(14)16/h1-13H;1-13,23H/i2*1D,2D,3D,6D,7D,8D,9D. The summed E-state index contributed by atoms with van der Waals surface area (Å²) in [4.78, 5) is 0. The lowest BCUT2D eigenvalue weighted by atomic mass is 9.96. The number of phenolic OH excluding ortho intramolecular Hbond substituents is 1. The molecule has 0 spiro atoms. The number of benzene rings is 8. The van der Waals surface area contributed by atoms with Crippen LogP contribution in [0.25, 0.3) is 87.7 Å². The van der Waals surface area contributed by atoms with E-state index in [9.17, 15) is 26.7 Å². The summed E-state index contributed by atoms with van der Waals surface area (Å²) >= 11 is 0. The molecule has 0 atom stereocenters. The van der Waals surface area contributed by atoms with E-state index in [2.05, 4.69) is 4.18 Å². The molecule has 0 saturated heterocycles. The zero-order chi connectivity index (χ0) is 50.1. The Hall–Kier alpha value is -6.78. The summed E-state index contributed by atoms with van der Waals surface area (Å²) in [6.07, 6.45) is 0. The molecule has 0 aliphatic heterocycles. The minimum Gasteiger partial charge on any atom is -0.507 e. The summed E-state index contributed by atoms with van der Waals surface area (Å²) in [5, 5.41) is 10.7. The smallest absolute Gasteiger partial charge is 0.507 e. The van der Waals surface area contributed by atoms with E-state index in [1.807, 2.05) is 0 Å². The number of furan rings is 2. The molecule has 2 heterocycles. The Labute approximate surface area is 331 Å².